The number of amides is 1. The number of carbonyl (C=O) groups excluding carboxylic acids is 1. The van der Waals surface area contributed by atoms with Crippen LogP contribution in [0.3, 0.4) is 0 Å². The van der Waals surface area contributed by atoms with Gasteiger partial charge in [-0.05, 0) is 12.1 Å². The lowest BCUT2D eigenvalue weighted by Crippen LogP contribution is -2.32. The van der Waals surface area contributed by atoms with Gasteiger partial charge in [-0.15, -0.1) is 18.3 Å². The fourth-order valence-corrected chi connectivity index (χ4v) is 3.21. The molecule has 0 fully saturated rings. The van der Waals surface area contributed by atoms with Gasteiger partial charge in [-0.2, -0.15) is 0 Å². The van der Waals surface area contributed by atoms with Gasteiger partial charge in [-0.25, -0.2) is 10.1 Å². The van der Waals surface area contributed by atoms with Gasteiger partial charge in [0.25, 0.3) is 0 Å². The van der Waals surface area contributed by atoms with Gasteiger partial charge in [0.1, 0.15) is 0 Å². The van der Waals surface area contributed by atoms with E-state index in [1.54, 1.807) is 17.1 Å². The molecule has 6 nitrogen and oxygen atoms in total. The largest absolute Gasteiger partial charge is 0.335 e. The van der Waals surface area contributed by atoms with Crippen molar-refractivity contribution < 1.29 is 4.79 Å². The number of aromatic amines is 1. The lowest BCUT2D eigenvalue weighted by Gasteiger charge is -2.18. The van der Waals surface area contributed by atoms with E-state index in [2.05, 4.69) is 28.3 Å². The lowest BCUT2D eigenvalue weighted by molar-refractivity contribution is -0.127. The van der Waals surface area contributed by atoms with E-state index >= 15 is 0 Å². The Morgan fingerprint density at radius 3 is 2.78 bits per heavy atom. The molecule has 1 N–H and O–H groups in total. The Morgan fingerprint density at radius 2 is 2.04 bits per heavy atom. The smallest absolute Gasteiger partial charge is 0.233 e. The predicted molar refractivity (Wildman–Crippen MR) is 92.5 cm³/mol. The third-order valence-electron chi connectivity index (χ3n) is 3.38. The average molecular weight is 327 g/mol. The van der Waals surface area contributed by atoms with Gasteiger partial charge in [-0.3, -0.25) is 9.20 Å². The summed E-state index contributed by atoms with van der Waals surface area (Å²) in [6.45, 7) is 8.38. The molecule has 2 heterocycles. The van der Waals surface area contributed by atoms with Crippen molar-refractivity contribution in [2.24, 2.45) is 0 Å². The van der Waals surface area contributed by atoms with Crippen LogP contribution >= 0.6 is 11.8 Å². The van der Waals surface area contributed by atoms with Gasteiger partial charge < -0.3 is 4.90 Å². The van der Waals surface area contributed by atoms with Crippen LogP contribution in [0.2, 0.25) is 0 Å². The highest BCUT2D eigenvalue weighted by Gasteiger charge is 2.15. The van der Waals surface area contributed by atoms with Crippen LogP contribution in [0.25, 0.3) is 16.8 Å². The second kappa shape index (κ2) is 6.70. The summed E-state index contributed by atoms with van der Waals surface area (Å²) in [7, 11) is 0. The minimum Gasteiger partial charge on any atom is -0.335 e. The van der Waals surface area contributed by atoms with Gasteiger partial charge in [-0.1, -0.05) is 36.0 Å². The number of para-hydroxylation sites is 2. The highest BCUT2D eigenvalue weighted by Crippen LogP contribution is 2.23. The van der Waals surface area contributed by atoms with Crippen LogP contribution in [0.4, 0.5) is 0 Å². The van der Waals surface area contributed by atoms with Crippen molar-refractivity contribution in [1.82, 2.24) is 24.5 Å². The van der Waals surface area contributed by atoms with Crippen LogP contribution in [0.5, 0.6) is 0 Å². The topological polar surface area (TPSA) is 66.3 Å². The van der Waals surface area contributed by atoms with Crippen LogP contribution in [-0.4, -0.2) is 49.2 Å². The van der Waals surface area contributed by atoms with Crippen LogP contribution in [0, 0.1) is 0 Å². The van der Waals surface area contributed by atoms with Crippen LogP contribution in [0.15, 0.2) is 54.7 Å². The number of hydrogen-bond donors (Lipinski definition) is 1. The number of H-pyrrole nitrogens is 1. The van der Waals surface area contributed by atoms with E-state index in [9.17, 15) is 4.79 Å². The van der Waals surface area contributed by atoms with E-state index in [1.807, 2.05) is 28.7 Å². The second-order valence-electron chi connectivity index (χ2n) is 4.93. The summed E-state index contributed by atoms with van der Waals surface area (Å²) in [5, 5.41) is 7.88. The summed E-state index contributed by atoms with van der Waals surface area (Å²) in [6, 6.07) is 7.84. The predicted octanol–water partition coefficient (Wildman–Crippen LogP) is 2.50. The summed E-state index contributed by atoms with van der Waals surface area (Å²) in [5.74, 6) is 0.999. The number of hydrogen-bond acceptors (Lipinski definition) is 4. The summed E-state index contributed by atoms with van der Waals surface area (Å²) in [6.07, 6.45) is 3.42. The molecule has 3 rings (SSSR count). The molecular formula is C16H17N5OS. The maximum atomic E-state index is 12.3. The Bertz CT molecular complexity index is 856. The maximum Gasteiger partial charge on any atom is 0.233 e. The van der Waals surface area contributed by atoms with Crippen LogP contribution in [-0.2, 0) is 4.79 Å². The van der Waals surface area contributed by atoms with E-state index in [-0.39, 0.29) is 5.91 Å². The number of nitrogens with zero attached hydrogens (tertiary/aromatic N) is 4. The molecule has 0 aliphatic rings. The highest BCUT2D eigenvalue weighted by molar-refractivity contribution is 7.99. The first kappa shape index (κ1) is 15.4. The standard InChI is InChI=1S/C16H17N5OS/c1-3-9-20(10-4-2)14(22)11-23-16-19-18-15-17-12-7-5-6-8-13(12)21(15)16/h3-8H,1-2,9-11H2,(H,17,18). The summed E-state index contributed by atoms with van der Waals surface area (Å²) in [4.78, 5) is 18.5. The third kappa shape index (κ3) is 3.00. The number of carbonyl (C=O) groups is 1. The van der Waals surface area contributed by atoms with Gasteiger partial charge in [0.15, 0.2) is 5.16 Å². The molecular weight excluding hydrogens is 310 g/mol. The summed E-state index contributed by atoms with van der Waals surface area (Å²) < 4.78 is 1.93. The van der Waals surface area contributed by atoms with Crippen molar-refractivity contribution in [3.8, 4) is 0 Å². The Hall–Kier alpha value is -2.54. The number of nitrogens with one attached hydrogen (secondary N) is 1. The minimum atomic E-state index is 0.0235. The molecule has 3 aromatic rings. The number of benzene rings is 1. The normalized spacial score (nSPS) is 11.0. The van der Waals surface area contributed by atoms with Crippen LogP contribution < -0.4 is 0 Å². The first-order valence-electron chi connectivity index (χ1n) is 7.18. The molecule has 0 aliphatic heterocycles. The fraction of sp³-hybridized carbons (Fsp3) is 0.188. The molecule has 118 valence electrons. The van der Waals surface area contributed by atoms with Crippen molar-refractivity contribution in [3.63, 3.8) is 0 Å². The zero-order valence-electron chi connectivity index (χ0n) is 12.6. The van der Waals surface area contributed by atoms with Crippen molar-refractivity contribution in [2.75, 3.05) is 18.8 Å². The zero-order valence-corrected chi connectivity index (χ0v) is 13.4. The molecule has 2 aromatic heterocycles. The molecule has 7 heteroatoms. The van der Waals surface area contributed by atoms with E-state index in [4.69, 9.17) is 0 Å². The van der Waals surface area contributed by atoms with Gasteiger partial charge in [0.05, 0.1) is 16.8 Å². The Morgan fingerprint density at radius 1 is 1.30 bits per heavy atom. The highest BCUT2D eigenvalue weighted by atomic mass is 32.2. The molecule has 0 unspecified atom stereocenters. The van der Waals surface area contributed by atoms with Gasteiger partial charge >= 0.3 is 0 Å². The Labute approximate surface area is 137 Å². The van der Waals surface area contributed by atoms with E-state index < -0.39 is 0 Å². The number of thioether (sulfide) groups is 1. The van der Waals surface area contributed by atoms with Crippen molar-refractivity contribution in [3.05, 3.63) is 49.6 Å². The molecule has 0 saturated carbocycles. The molecule has 0 aliphatic carbocycles. The van der Waals surface area contributed by atoms with E-state index in [1.165, 1.54) is 11.8 Å². The third-order valence-corrected chi connectivity index (χ3v) is 4.30. The quantitative estimate of drug-likeness (QED) is 0.535. The molecule has 0 saturated heterocycles. The van der Waals surface area contributed by atoms with Gasteiger partial charge in [0, 0.05) is 13.1 Å². The summed E-state index contributed by atoms with van der Waals surface area (Å²) in [5.41, 5.74) is 1.87. The summed E-state index contributed by atoms with van der Waals surface area (Å²) >= 11 is 1.38. The zero-order chi connectivity index (χ0) is 16.2. The van der Waals surface area contributed by atoms with Crippen molar-refractivity contribution >= 4 is 34.5 Å². The first-order valence-corrected chi connectivity index (χ1v) is 8.17. The molecule has 1 aromatic carbocycles. The second-order valence-corrected chi connectivity index (χ2v) is 5.87. The Kier molecular flexibility index (Phi) is 4.47. The SMILES string of the molecule is C=CCN(CC=C)C(=O)CSc1n[nH]c2nc3ccccc3n12. The molecule has 0 bridgehead atoms. The van der Waals surface area contributed by atoms with E-state index in [0.29, 0.717) is 24.6 Å². The molecule has 0 atom stereocenters. The van der Waals surface area contributed by atoms with E-state index in [0.717, 1.165) is 16.2 Å². The molecule has 0 spiro atoms. The van der Waals surface area contributed by atoms with Crippen molar-refractivity contribution in [1.29, 1.82) is 0 Å². The average Bonchev–Trinajstić information content (AvgIpc) is 3.11. The van der Waals surface area contributed by atoms with Crippen LogP contribution in [0.1, 0.15) is 0 Å². The molecule has 1 amide bonds. The first-order chi connectivity index (χ1) is 11.2. The number of fused-ring (bicyclic) bond motifs is 3. The molecule has 23 heavy (non-hydrogen) atoms. The monoisotopic (exact) mass is 327 g/mol. The molecule has 0 radical (unpaired) electrons. The van der Waals surface area contributed by atoms with Crippen molar-refractivity contribution in [2.45, 2.75) is 5.16 Å². The fourth-order valence-electron chi connectivity index (χ4n) is 2.35. The van der Waals surface area contributed by atoms with Gasteiger partial charge in [0.2, 0.25) is 11.7 Å². The lowest BCUT2D eigenvalue weighted by atomic mass is 10.3. The number of aromatic nitrogens is 4. The Balaban J connectivity index is 1.80. The maximum absolute atomic E-state index is 12.3. The number of imidazole rings is 1. The minimum absolute atomic E-state index is 0.0235. The number of rotatable bonds is 7.